The van der Waals surface area contributed by atoms with E-state index in [1.165, 1.54) is 89.9 Å². The Morgan fingerprint density at radius 1 is 0.414 bits per heavy atom. The van der Waals surface area contributed by atoms with E-state index in [2.05, 4.69) is 81.5 Å². The van der Waals surface area contributed by atoms with Crippen LogP contribution in [0.25, 0.3) is 0 Å². The molecule has 0 rings (SSSR count). The van der Waals surface area contributed by atoms with Gasteiger partial charge in [-0.3, -0.25) is 23.4 Å². The average Bonchev–Trinajstić information content (AvgIpc) is 3.35. The zero-order valence-corrected chi connectivity index (χ0v) is 45.4. The van der Waals surface area contributed by atoms with Crippen LogP contribution in [0, 0.1) is 0 Å². The van der Waals surface area contributed by atoms with Crippen molar-refractivity contribution in [2.45, 2.75) is 251 Å². The summed E-state index contributed by atoms with van der Waals surface area (Å²) < 4.78 is 39.4. The number of hydrogen-bond donors (Lipinski definition) is 2. The largest absolute Gasteiger partial charge is 0.472 e. The van der Waals surface area contributed by atoms with Gasteiger partial charge in [0, 0.05) is 19.3 Å². The van der Waals surface area contributed by atoms with Crippen LogP contribution in [-0.4, -0.2) is 66.5 Å². The van der Waals surface area contributed by atoms with Gasteiger partial charge in [-0.25, -0.2) is 4.57 Å². The Hall–Kier alpha value is -3.08. The molecule has 12 heteroatoms. The maximum absolute atomic E-state index is 12.9. The lowest BCUT2D eigenvalue weighted by Gasteiger charge is -2.21. The standard InChI is InChI=1S/C58H101O11P/c1-4-7-10-13-16-19-22-25-27-30-33-36-39-42-45-48-57(61)68-54(50-59)52-66-70(63,64)67-53-55(51-65-56(60)47-44-41-38-35-32-29-24-21-18-15-12-9-6-3)69-58(62)49-46-43-40-37-34-31-28-26-23-20-17-14-11-8-5-2/h9,12,17-18,20-21,26,28-29,32,38,41,54-55,59H,4-8,10-11,13-16,19,22-25,27,30-31,33-37,39-40,42-53H2,1-3H3,(H,63,64)/b12-9-,20-17-,21-18-,28-26-,32-29-,41-38-. The van der Waals surface area contributed by atoms with Crippen molar-refractivity contribution in [2.75, 3.05) is 26.4 Å². The highest BCUT2D eigenvalue weighted by atomic mass is 31.2. The number of carbonyl (C=O) groups excluding carboxylic acids is 3. The Morgan fingerprint density at radius 3 is 1.23 bits per heavy atom. The fraction of sp³-hybridized carbons (Fsp3) is 0.741. The van der Waals surface area contributed by atoms with Crippen LogP contribution in [-0.2, 0) is 42.2 Å². The van der Waals surface area contributed by atoms with E-state index < -0.39 is 57.8 Å². The molecule has 0 aliphatic rings. The summed E-state index contributed by atoms with van der Waals surface area (Å²) in [5.74, 6) is -1.58. The second-order valence-corrected chi connectivity index (χ2v) is 19.8. The quantitative estimate of drug-likeness (QED) is 0.0197. The van der Waals surface area contributed by atoms with Gasteiger partial charge in [0.1, 0.15) is 12.7 Å². The molecule has 0 saturated carbocycles. The molecule has 3 unspecified atom stereocenters. The van der Waals surface area contributed by atoms with Crippen LogP contribution < -0.4 is 0 Å². The minimum absolute atomic E-state index is 0.101. The normalized spacial score (nSPS) is 14.0. The summed E-state index contributed by atoms with van der Waals surface area (Å²) in [6.07, 6.45) is 57.4. The third-order valence-electron chi connectivity index (χ3n) is 11.6. The van der Waals surface area contributed by atoms with Crippen molar-refractivity contribution >= 4 is 25.7 Å². The molecular formula is C58H101O11P. The predicted molar refractivity (Wildman–Crippen MR) is 288 cm³/mol. The highest BCUT2D eigenvalue weighted by molar-refractivity contribution is 7.47. The zero-order valence-electron chi connectivity index (χ0n) is 44.5. The number of ether oxygens (including phenoxy) is 3. The van der Waals surface area contributed by atoms with Crippen LogP contribution >= 0.6 is 7.82 Å². The van der Waals surface area contributed by atoms with Crippen molar-refractivity contribution in [2.24, 2.45) is 0 Å². The molecule has 0 aromatic rings. The topological polar surface area (TPSA) is 155 Å². The molecule has 0 aromatic heterocycles. The summed E-state index contributed by atoms with van der Waals surface area (Å²) >= 11 is 0. The lowest BCUT2D eigenvalue weighted by atomic mass is 10.0. The van der Waals surface area contributed by atoms with Crippen LogP contribution in [0.2, 0.25) is 0 Å². The molecular weight excluding hydrogens is 904 g/mol. The summed E-state index contributed by atoms with van der Waals surface area (Å²) in [6.45, 7) is 4.41. The van der Waals surface area contributed by atoms with Crippen molar-refractivity contribution in [1.82, 2.24) is 0 Å². The van der Waals surface area contributed by atoms with Crippen LogP contribution in [0.5, 0.6) is 0 Å². The summed E-state index contributed by atoms with van der Waals surface area (Å²) in [6, 6.07) is 0. The van der Waals surface area contributed by atoms with Crippen molar-refractivity contribution in [1.29, 1.82) is 0 Å². The number of esters is 3. The highest BCUT2D eigenvalue weighted by Gasteiger charge is 2.28. The second kappa shape index (κ2) is 52.2. The predicted octanol–water partition coefficient (Wildman–Crippen LogP) is 16.1. The van der Waals surface area contributed by atoms with Gasteiger partial charge in [-0.1, -0.05) is 216 Å². The number of aliphatic hydroxyl groups is 1. The summed E-state index contributed by atoms with van der Waals surface area (Å²) in [7, 11) is -4.76. The first-order valence-electron chi connectivity index (χ1n) is 27.8. The fourth-order valence-corrected chi connectivity index (χ4v) is 8.18. The van der Waals surface area contributed by atoms with Crippen molar-refractivity contribution < 1.29 is 52.2 Å². The summed E-state index contributed by atoms with van der Waals surface area (Å²) in [5, 5.41) is 9.80. The van der Waals surface area contributed by atoms with Gasteiger partial charge in [0.2, 0.25) is 0 Å². The van der Waals surface area contributed by atoms with Gasteiger partial charge in [0.05, 0.1) is 19.8 Å². The molecule has 0 saturated heterocycles. The first-order valence-corrected chi connectivity index (χ1v) is 29.3. The molecule has 0 bridgehead atoms. The second-order valence-electron chi connectivity index (χ2n) is 18.4. The van der Waals surface area contributed by atoms with Crippen LogP contribution in [0.15, 0.2) is 72.9 Å². The lowest BCUT2D eigenvalue weighted by Crippen LogP contribution is -2.30. The van der Waals surface area contributed by atoms with E-state index >= 15 is 0 Å². The van der Waals surface area contributed by atoms with Crippen molar-refractivity contribution in [3.63, 3.8) is 0 Å². The minimum atomic E-state index is -4.76. The van der Waals surface area contributed by atoms with Gasteiger partial charge < -0.3 is 24.2 Å². The first-order chi connectivity index (χ1) is 34.2. The summed E-state index contributed by atoms with van der Waals surface area (Å²) in [5.41, 5.74) is 0. The molecule has 0 fully saturated rings. The van der Waals surface area contributed by atoms with Gasteiger partial charge in [-0.15, -0.1) is 0 Å². The van der Waals surface area contributed by atoms with Crippen molar-refractivity contribution in [3.05, 3.63) is 72.9 Å². The Balaban J connectivity index is 4.78. The van der Waals surface area contributed by atoms with Gasteiger partial charge in [-0.05, 0) is 77.0 Å². The van der Waals surface area contributed by atoms with Crippen LogP contribution in [0.1, 0.15) is 239 Å². The van der Waals surface area contributed by atoms with Gasteiger partial charge in [-0.2, -0.15) is 0 Å². The molecule has 0 aromatic carbocycles. The highest BCUT2D eigenvalue weighted by Crippen LogP contribution is 2.43. The van der Waals surface area contributed by atoms with E-state index in [0.29, 0.717) is 19.3 Å². The van der Waals surface area contributed by atoms with E-state index in [1.807, 2.05) is 12.2 Å². The Morgan fingerprint density at radius 2 is 0.771 bits per heavy atom. The average molecular weight is 1010 g/mol. The first kappa shape index (κ1) is 66.9. The maximum atomic E-state index is 12.9. The van der Waals surface area contributed by atoms with Crippen molar-refractivity contribution in [3.8, 4) is 0 Å². The number of phosphoric acid groups is 1. The molecule has 11 nitrogen and oxygen atoms in total. The minimum Gasteiger partial charge on any atom is -0.462 e. The number of hydrogen-bond acceptors (Lipinski definition) is 10. The van der Waals surface area contributed by atoms with E-state index in [9.17, 15) is 28.9 Å². The number of rotatable bonds is 51. The number of carbonyl (C=O) groups is 3. The number of allylic oxidation sites excluding steroid dienone is 12. The fourth-order valence-electron chi connectivity index (χ4n) is 7.40. The Kier molecular flexibility index (Phi) is 50.0. The summed E-state index contributed by atoms with van der Waals surface area (Å²) in [4.78, 5) is 48.4. The molecule has 0 heterocycles. The molecule has 0 radical (unpaired) electrons. The molecule has 0 spiro atoms. The molecule has 2 N–H and O–H groups in total. The SMILES string of the molecule is CC/C=C\C/C=C\C/C=C\C/C=C\CCC(=O)OCC(COP(=O)(O)OCC(CO)OC(=O)CCCCCCCCCCCCCCCCC)OC(=O)CCCCCCC/C=C\C/C=C\CCCCC. The molecule has 3 atom stereocenters. The van der Waals surface area contributed by atoms with Crippen LogP contribution in [0.3, 0.4) is 0 Å². The van der Waals surface area contributed by atoms with E-state index in [-0.39, 0.29) is 25.9 Å². The Labute approximate surface area is 427 Å². The molecule has 0 amide bonds. The number of unbranched alkanes of at least 4 members (excludes halogenated alkanes) is 22. The van der Waals surface area contributed by atoms with E-state index in [1.54, 1.807) is 0 Å². The molecule has 404 valence electrons. The lowest BCUT2D eigenvalue weighted by molar-refractivity contribution is -0.161. The maximum Gasteiger partial charge on any atom is 0.472 e. The van der Waals surface area contributed by atoms with Gasteiger partial charge in [0.15, 0.2) is 6.10 Å². The number of aliphatic hydroxyl groups excluding tert-OH is 1. The van der Waals surface area contributed by atoms with E-state index in [4.69, 9.17) is 23.3 Å². The monoisotopic (exact) mass is 1000 g/mol. The third-order valence-corrected chi connectivity index (χ3v) is 12.6. The van der Waals surface area contributed by atoms with E-state index in [0.717, 1.165) is 89.9 Å². The molecule has 0 aliphatic heterocycles. The number of phosphoric ester groups is 1. The molecule has 70 heavy (non-hydrogen) atoms. The Bertz CT molecular complexity index is 1450. The van der Waals surface area contributed by atoms with Crippen LogP contribution in [0.4, 0.5) is 0 Å². The molecule has 0 aliphatic carbocycles. The smallest absolute Gasteiger partial charge is 0.462 e. The van der Waals surface area contributed by atoms with Gasteiger partial charge in [0.25, 0.3) is 0 Å². The zero-order chi connectivity index (χ0) is 51.3. The van der Waals surface area contributed by atoms with Gasteiger partial charge >= 0.3 is 25.7 Å². The third kappa shape index (κ3) is 49.9.